The van der Waals surface area contributed by atoms with Crippen molar-refractivity contribution in [2.75, 3.05) is 24.8 Å². The Morgan fingerprint density at radius 1 is 1.28 bits per heavy atom. The Bertz CT molecular complexity index is 1260. The number of alkyl halides is 3. The average Bonchev–Trinajstić information content (AvgIpc) is 3.07. The number of aliphatic hydroxyl groups excluding tert-OH is 1. The average molecular weight is 538 g/mol. The Kier molecular flexibility index (Phi) is 7.63. The lowest BCUT2D eigenvalue weighted by atomic mass is 9.77. The fourth-order valence-electron chi connectivity index (χ4n) is 4.14. The molecule has 1 aliphatic heterocycles. The minimum atomic E-state index is -4.94. The fraction of sp³-hybridized carbons (Fsp3) is 0.455. The Labute approximate surface area is 203 Å². The number of nitrogens with zero attached hydrogens (tertiary/aromatic N) is 1. The van der Waals surface area contributed by atoms with Crippen molar-refractivity contribution in [1.29, 1.82) is 0 Å². The van der Waals surface area contributed by atoms with Crippen LogP contribution >= 0.6 is 0 Å². The number of ether oxygens (including phenoxy) is 2. The van der Waals surface area contributed by atoms with Gasteiger partial charge in [0.25, 0.3) is 5.91 Å². The van der Waals surface area contributed by atoms with Gasteiger partial charge in [0.15, 0.2) is 32.0 Å². The number of methoxy groups -OCH3 is 1. The Hall–Kier alpha value is -2.84. The number of hydrogen-bond donors (Lipinski definition) is 2. The van der Waals surface area contributed by atoms with Gasteiger partial charge in [-0.05, 0) is 25.1 Å². The number of pyridine rings is 1. The van der Waals surface area contributed by atoms with Crippen molar-refractivity contribution < 1.29 is 49.7 Å². The molecule has 198 valence electrons. The predicted octanol–water partition coefficient (Wildman–Crippen LogP) is 3.21. The first kappa shape index (κ1) is 27.7. The van der Waals surface area contributed by atoms with Crippen molar-refractivity contribution in [2.24, 2.45) is 5.92 Å². The van der Waals surface area contributed by atoms with Crippen LogP contribution < -0.4 is 10.1 Å². The first-order chi connectivity index (χ1) is 16.7. The number of benzene rings is 1. The number of carbonyl (C=O) groups excluding carboxylic acids is 1. The SMILES string of the molecule is COc1c([C@H]2[C@H](C(=O)Nc3ccnc(S(=O)(=O)CCO)c3)O[C@@](C)(C(F)(F)F)[C@H]2C)ccc(F)c1F. The molecule has 1 aliphatic rings. The molecule has 36 heavy (non-hydrogen) atoms. The van der Waals surface area contributed by atoms with E-state index < -0.39 is 80.2 Å². The summed E-state index contributed by atoms with van der Waals surface area (Å²) < 4.78 is 105. The van der Waals surface area contributed by atoms with E-state index in [4.69, 9.17) is 14.6 Å². The third-order valence-corrected chi connectivity index (χ3v) is 7.83. The van der Waals surface area contributed by atoms with E-state index in [9.17, 15) is 35.2 Å². The summed E-state index contributed by atoms with van der Waals surface area (Å²) >= 11 is 0. The van der Waals surface area contributed by atoms with Crippen molar-refractivity contribution in [3.05, 3.63) is 47.7 Å². The molecule has 1 aromatic carbocycles. The van der Waals surface area contributed by atoms with E-state index in [2.05, 4.69) is 10.3 Å². The minimum absolute atomic E-state index is 0.126. The highest BCUT2D eigenvalue weighted by Gasteiger charge is 2.65. The molecule has 14 heteroatoms. The number of nitrogens with one attached hydrogen (secondary N) is 1. The molecule has 2 N–H and O–H groups in total. The molecule has 0 aliphatic carbocycles. The predicted molar refractivity (Wildman–Crippen MR) is 116 cm³/mol. The lowest BCUT2D eigenvalue weighted by Gasteiger charge is -2.32. The molecular formula is C22H23F5N2O6S. The number of carbonyl (C=O) groups is 1. The maximum Gasteiger partial charge on any atom is 0.417 e. The highest BCUT2D eigenvalue weighted by Crippen LogP contribution is 2.55. The van der Waals surface area contributed by atoms with Gasteiger partial charge in [-0.25, -0.2) is 17.8 Å². The first-order valence-corrected chi connectivity index (χ1v) is 12.2. The van der Waals surface area contributed by atoms with Crippen molar-refractivity contribution in [3.8, 4) is 5.75 Å². The van der Waals surface area contributed by atoms with Gasteiger partial charge in [0.2, 0.25) is 5.82 Å². The molecule has 1 amide bonds. The summed E-state index contributed by atoms with van der Waals surface area (Å²) in [7, 11) is -2.99. The van der Waals surface area contributed by atoms with Crippen molar-refractivity contribution in [1.82, 2.24) is 4.98 Å². The number of rotatable bonds is 7. The quantitative estimate of drug-likeness (QED) is 0.521. The number of aliphatic hydroxyl groups is 1. The number of halogens is 5. The highest BCUT2D eigenvalue weighted by atomic mass is 32.2. The Balaban J connectivity index is 2.05. The zero-order valence-electron chi connectivity index (χ0n) is 19.3. The lowest BCUT2D eigenvalue weighted by Crippen LogP contribution is -2.47. The van der Waals surface area contributed by atoms with E-state index in [-0.39, 0.29) is 11.3 Å². The van der Waals surface area contributed by atoms with Gasteiger partial charge in [-0.2, -0.15) is 17.6 Å². The van der Waals surface area contributed by atoms with Gasteiger partial charge in [0, 0.05) is 29.3 Å². The van der Waals surface area contributed by atoms with Crippen LogP contribution in [0.2, 0.25) is 0 Å². The van der Waals surface area contributed by atoms with E-state index in [0.717, 1.165) is 39.3 Å². The monoisotopic (exact) mass is 538 g/mol. The third kappa shape index (κ3) is 4.89. The van der Waals surface area contributed by atoms with Crippen LogP contribution in [-0.4, -0.2) is 61.8 Å². The van der Waals surface area contributed by atoms with Crippen LogP contribution in [0.5, 0.6) is 5.75 Å². The van der Waals surface area contributed by atoms with Gasteiger partial charge >= 0.3 is 6.18 Å². The normalized spacial score (nSPS) is 24.5. The summed E-state index contributed by atoms with van der Waals surface area (Å²) in [5.74, 6) is -8.01. The molecule has 0 spiro atoms. The topological polar surface area (TPSA) is 115 Å². The molecule has 2 aromatic rings. The number of aromatic nitrogens is 1. The van der Waals surface area contributed by atoms with Gasteiger partial charge < -0.3 is 19.9 Å². The van der Waals surface area contributed by atoms with E-state index in [1.54, 1.807) is 0 Å². The fourth-order valence-corrected chi connectivity index (χ4v) is 5.11. The smallest absolute Gasteiger partial charge is 0.417 e. The van der Waals surface area contributed by atoms with Crippen molar-refractivity contribution in [3.63, 3.8) is 0 Å². The van der Waals surface area contributed by atoms with E-state index in [1.807, 2.05) is 0 Å². The third-order valence-electron chi connectivity index (χ3n) is 6.25. The number of sulfone groups is 1. The molecule has 0 saturated carbocycles. The summed E-state index contributed by atoms with van der Waals surface area (Å²) in [6, 6.07) is 3.90. The van der Waals surface area contributed by atoms with Gasteiger partial charge in [-0.3, -0.25) is 4.79 Å². The molecule has 0 radical (unpaired) electrons. The second-order valence-corrected chi connectivity index (χ2v) is 10.4. The second kappa shape index (κ2) is 9.90. The molecule has 3 rings (SSSR count). The Morgan fingerprint density at radius 2 is 1.94 bits per heavy atom. The van der Waals surface area contributed by atoms with Gasteiger partial charge in [-0.1, -0.05) is 13.0 Å². The largest absolute Gasteiger partial charge is 0.493 e. The molecule has 1 saturated heterocycles. The van der Waals surface area contributed by atoms with Crippen LogP contribution in [0.25, 0.3) is 0 Å². The summed E-state index contributed by atoms with van der Waals surface area (Å²) in [6.45, 7) is 1.23. The molecule has 8 nitrogen and oxygen atoms in total. The molecule has 1 aromatic heterocycles. The highest BCUT2D eigenvalue weighted by molar-refractivity contribution is 7.91. The molecule has 0 unspecified atom stereocenters. The molecular weight excluding hydrogens is 515 g/mol. The number of anilines is 1. The van der Waals surface area contributed by atoms with Crippen LogP contribution in [0.15, 0.2) is 35.5 Å². The summed E-state index contributed by atoms with van der Waals surface area (Å²) in [5.41, 5.74) is -3.18. The summed E-state index contributed by atoms with van der Waals surface area (Å²) in [5, 5.41) is 10.8. The van der Waals surface area contributed by atoms with Crippen molar-refractivity contribution in [2.45, 2.75) is 42.7 Å². The van der Waals surface area contributed by atoms with Crippen LogP contribution in [-0.2, 0) is 19.4 Å². The maximum absolute atomic E-state index is 14.4. The second-order valence-electron chi connectivity index (χ2n) is 8.36. The van der Waals surface area contributed by atoms with Crippen LogP contribution in [0.4, 0.5) is 27.6 Å². The van der Waals surface area contributed by atoms with Crippen LogP contribution in [0.1, 0.15) is 25.3 Å². The van der Waals surface area contributed by atoms with E-state index in [1.165, 1.54) is 6.07 Å². The van der Waals surface area contributed by atoms with E-state index in [0.29, 0.717) is 6.07 Å². The standard InChI is InChI=1S/C22H23F5N2O6S/c1-11-16(13-4-5-14(23)17(24)18(13)34-3)19(35-21(11,2)22(25,26)27)20(31)29-12-6-7-28-15(10-12)36(32,33)9-8-30/h4-7,10-11,16,19,30H,8-9H2,1-3H3,(H,28,29,31)/t11-,16-,19+,21+/m0/s1. The summed E-state index contributed by atoms with van der Waals surface area (Å²) in [4.78, 5) is 16.9. The van der Waals surface area contributed by atoms with Crippen LogP contribution in [0, 0.1) is 17.6 Å². The molecule has 0 bridgehead atoms. The molecule has 2 heterocycles. The van der Waals surface area contributed by atoms with E-state index >= 15 is 0 Å². The minimum Gasteiger partial charge on any atom is -0.493 e. The van der Waals surface area contributed by atoms with Gasteiger partial charge in [0.1, 0.15) is 6.10 Å². The summed E-state index contributed by atoms with van der Waals surface area (Å²) in [6.07, 6.45) is -5.74. The van der Waals surface area contributed by atoms with Crippen LogP contribution in [0.3, 0.4) is 0 Å². The number of amides is 1. The first-order valence-electron chi connectivity index (χ1n) is 10.5. The molecule has 1 fully saturated rings. The molecule has 4 atom stereocenters. The van der Waals surface area contributed by atoms with Crippen molar-refractivity contribution >= 4 is 21.4 Å². The zero-order valence-corrected chi connectivity index (χ0v) is 20.1. The number of hydrogen-bond acceptors (Lipinski definition) is 7. The zero-order chi connectivity index (χ0) is 27.1. The van der Waals surface area contributed by atoms with Gasteiger partial charge in [-0.15, -0.1) is 0 Å². The lowest BCUT2D eigenvalue weighted by molar-refractivity contribution is -0.272. The maximum atomic E-state index is 14.4. The Morgan fingerprint density at radius 3 is 2.53 bits per heavy atom. The van der Waals surface area contributed by atoms with Gasteiger partial charge in [0.05, 0.1) is 19.5 Å².